The number of aromatic nitrogens is 3. The van der Waals surface area contributed by atoms with Crippen LogP contribution in [0.3, 0.4) is 0 Å². The number of pyridine rings is 1. The first-order valence-corrected chi connectivity index (χ1v) is 5.36. The summed E-state index contributed by atoms with van der Waals surface area (Å²) in [7, 11) is 1.98. The lowest BCUT2D eigenvalue weighted by atomic mass is 10.4. The van der Waals surface area contributed by atoms with Crippen LogP contribution in [0.5, 0.6) is 0 Å². The molecule has 0 bridgehead atoms. The molecular formula is C10H11BrN4. The average molecular weight is 267 g/mol. The molecule has 2 heterocycles. The molecular weight excluding hydrogens is 256 g/mol. The Hall–Kier alpha value is -1.36. The normalized spacial score (nSPS) is 10.3. The summed E-state index contributed by atoms with van der Waals surface area (Å²) in [4.78, 5) is 8.35. The standard InChI is InChI=1S/C10H11BrN4/c1-15-5-4-12-10(15)7-13-8-2-3-9(11)14-6-8/h2-6,13H,7H2,1H3. The molecule has 2 aromatic heterocycles. The zero-order valence-corrected chi connectivity index (χ0v) is 9.90. The molecule has 0 amide bonds. The highest BCUT2D eigenvalue weighted by Gasteiger charge is 1.98. The number of aryl methyl sites for hydroxylation is 1. The smallest absolute Gasteiger partial charge is 0.127 e. The van der Waals surface area contributed by atoms with Gasteiger partial charge in [0.1, 0.15) is 10.4 Å². The molecule has 4 nitrogen and oxygen atoms in total. The molecule has 0 atom stereocenters. The molecule has 0 spiro atoms. The first kappa shape index (κ1) is 10.2. The van der Waals surface area contributed by atoms with Gasteiger partial charge in [0, 0.05) is 19.4 Å². The van der Waals surface area contributed by atoms with Crippen molar-refractivity contribution in [2.24, 2.45) is 7.05 Å². The fourth-order valence-corrected chi connectivity index (χ4v) is 1.46. The van der Waals surface area contributed by atoms with Gasteiger partial charge in [0.2, 0.25) is 0 Å². The van der Waals surface area contributed by atoms with Crippen LogP contribution in [0.1, 0.15) is 5.82 Å². The third kappa shape index (κ3) is 2.56. The number of halogens is 1. The Morgan fingerprint density at radius 2 is 2.27 bits per heavy atom. The number of hydrogen-bond acceptors (Lipinski definition) is 3. The van der Waals surface area contributed by atoms with Crippen LogP contribution < -0.4 is 5.32 Å². The number of anilines is 1. The molecule has 0 radical (unpaired) electrons. The van der Waals surface area contributed by atoms with Crippen LogP contribution in [0, 0.1) is 0 Å². The highest BCUT2D eigenvalue weighted by Crippen LogP contribution is 2.11. The Labute approximate surface area is 96.5 Å². The van der Waals surface area contributed by atoms with E-state index in [0.717, 1.165) is 16.1 Å². The van der Waals surface area contributed by atoms with E-state index in [1.165, 1.54) is 0 Å². The molecule has 1 N–H and O–H groups in total. The van der Waals surface area contributed by atoms with Crippen molar-refractivity contribution in [2.45, 2.75) is 6.54 Å². The van der Waals surface area contributed by atoms with E-state index in [9.17, 15) is 0 Å². The SMILES string of the molecule is Cn1ccnc1CNc1ccc(Br)nc1. The molecule has 2 aromatic rings. The Bertz CT molecular complexity index is 435. The maximum absolute atomic E-state index is 4.22. The summed E-state index contributed by atoms with van der Waals surface area (Å²) in [5.74, 6) is 0.998. The summed E-state index contributed by atoms with van der Waals surface area (Å²) < 4.78 is 2.82. The summed E-state index contributed by atoms with van der Waals surface area (Å²) in [6.45, 7) is 0.701. The van der Waals surface area contributed by atoms with Crippen LogP contribution in [-0.4, -0.2) is 14.5 Å². The van der Waals surface area contributed by atoms with Crippen LogP contribution in [0.2, 0.25) is 0 Å². The van der Waals surface area contributed by atoms with E-state index in [4.69, 9.17) is 0 Å². The van der Waals surface area contributed by atoms with E-state index in [1.807, 2.05) is 29.9 Å². The maximum atomic E-state index is 4.22. The lowest BCUT2D eigenvalue weighted by Crippen LogP contribution is -2.05. The highest BCUT2D eigenvalue weighted by atomic mass is 79.9. The molecule has 0 aromatic carbocycles. The van der Waals surface area contributed by atoms with Crippen molar-refractivity contribution in [1.29, 1.82) is 0 Å². The monoisotopic (exact) mass is 266 g/mol. The quantitative estimate of drug-likeness (QED) is 0.867. The minimum atomic E-state index is 0.701. The lowest BCUT2D eigenvalue weighted by molar-refractivity contribution is 0.812. The largest absolute Gasteiger partial charge is 0.377 e. The summed E-state index contributed by atoms with van der Waals surface area (Å²) in [6, 6.07) is 3.88. The van der Waals surface area contributed by atoms with Gasteiger partial charge in [0.25, 0.3) is 0 Å². The van der Waals surface area contributed by atoms with Gasteiger partial charge in [-0.25, -0.2) is 9.97 Å². The number of nitrogens with one attached hydrogen (secondary N) is 1. The van der Waals surface area contributed by atoms with E-state index >= 15 is 0 Å². The van der Waals surface area contributed by atoms with Crippen molar-refractivity contribution < 1.29 is 0 Å². The first-order valence-electron chi connectivity index (χ1n) is 4.57. The van der Waals surface area contributed by atoms with Gasteiger partial charge in [0.05, 0.1) is 18.4 Å². The molecule has 0 unspecified atom stereocenters. The second-order valence-electron chi connectivity index (χ2n) is 3.18. The van der Waals surface area contributed by atoms with Crippen molar-refractivity contribution in [1.82, 2.24) is 14.5 Å². The molecule has 5 heteroatoms. The molecule has 0 saturated carbocycles. The topological polar surface area (TPSA) is 42.7 Å². The van der Waals surface area contributed by atoms with E-state index in [0.29, 0.717) is 6.54 Å². The van der Waals surface area contributed by atoms with Gasteiger partial charge in [-0.2, -0.15) is 0 Å². The van der Waals surface area contributed by atoms with E-state index < -0.39 is 0 Å². The molecule has 0 saturated heterocycles. The van der Waals surface area contributed by atoms with E-state index in [-0.39, 0.29) is 0 Å². The Morgan fingerprint density at radius 3 is 2.87 bits per heavy atom. The second kappa shape index (κ2) is 4.44. The van der Waals surface area contributed by atoms with Crippen molar-refractivity contribution in [3.63, 3.8) is 0 Å². The van der Waals surface area contributed by atoms with E-state index in [2.05, 4.69) is 31.2 Å². The minimum Gasteiger partial charge on any atom is -0.377 e. The van der Waals surface area contributed by atoms with Gasteiger partial charge in [-0.15, -0.1) is 0 Å². The number of hydrogen-bond donors (Lipinski definition) is 1. The Kier molecular flexibility index (Phi) is 3.01. The number of imidazole rings is 1. The molecule has 2 rings (SSSR count). The van der Waals surface area contributed by atoms with Gasteiger partial charge in [-0.3, -0.25) is 0 Å². The lowest BCUT2D eigenvalue weighted by Gasteiger charge is -2.05. The summed E-state index contributed by atoms with van der Waals surface area (Å²) in [5, 5.41) is 3.25. The minimum absolute atomic E-state index is 0.701. The third-order valence-corrected chi connectivity index (χ3v) is 2.57. The Morgan fingerprint density at radius 1 is 1.40 bits per heavy atom. The number of nitrogens with zero attached hydrogens (tertiary/aromatic N) is 3. The van der Waals surface area contributed by atoms with Gasteiger partial charge < -0.3 is 9.88 Å². The zero-order chi connectivity index (χ0) is 10.7. The van der Waals surface area contributed by atoms with Crippen LogP contribution >= 0.6 is 15.9 Å². The molecule has 0 aliphatic rings. The van der Waals surface area contributed by atoms with Crippen molar-refractivity contribution in [2.75, 3.05) is 5.32 Å². The summed E-state index contributed by atoms with van der Waals surface area (Å²) in [6.07, 6.45) is 5.50. The van der Waals surface area contributed by atoms with Gasteiger partial charge in [0.15, 0.2) is 0 Å². The van der Waals surface area contributed by atoms with Gasteiger partial charge in [-0.1, -0.05) is 0 Å². The fourth-order valence-electron chi connectivity index (χ4n) is 1.23. The third-order valence-electron chi connectivity index (χ3n) is 2.10. The molecule has 78 valence electrons. The van der Waals surface area contributed by atoms with Crippen LogP contribution in [-0.2, 0) is 13.6 Å². The van der Waals surface area contributed by atoms with Crippen molar-refractivity contribution in [3.05, 3.63) is 41.2 Å². The first-order chi connectivity index (χ1) is 7.25. The fraction of sp³-hybridized carbons (Fsp3) is 0.200. The van der Waals surface area contributed by atoms with Gasteiger partial charge in [-0.05, 0) is 28.1 Å². The predicted octanol–water partition coefficient (Wildman–Crippen LogP) is 2.19. The van der Waals surface area contributed by atoms with Crippen LogP contribution in [0.25, 0.3) is 0 Å². The molecule has 0 aliphatic heterocycles. The molecule has 0 fully saturated rings. The molecule has 15 heavy (non-hydrogen) atoms. The van der Waals surface area contributed by atoms with Crippen LogP contribution in [0.15, 0.2) is 35.3 Å². The van der Waals surface area contributed by atoms with Crippen molar-refractivity contribution >= 4 is 21.6 Å². The second-order valence-corrected chi connectivity index (χ2v) is 3.99. The highest BCUT2D eigenvalue weighted by molar-refractivity contribution is 9.10. The van der Waals surface area contributed by atoms with Crippen molar-refractivity contribution in [3.8, 4) is 0 Å². The summed E-state index contributed by atoms with van der Waals surface area (Å²) in [5.41, 5.74) is 0.987. The maximum Gasteiger partial charge on any atom is 0.127 e. The molecule has 0 aliphatic carbocycles. The van der Waals surface area contributed by atoms with Crippen LogP contribution in [0.4, 0.5) is 5.69 Å². The summed E-state index contributed by atoms with van der Waals surface area (Å²) >= 11 is 3.29. The average Bonchev–Trinajstić information content (AvgIpc) is 2.63. The predicted molar refractivity (Wildman–Crippen MR) is 62.5 cm³/mol. The number of rotatable bonds is 3. The zero-order valence-electron chi connectivity index (χ0n) is 8.31. The Balaban J connectivity index is 1.99. The van der Waals surface area contributed by atoms with Gasteiger partial charge >= 0.3 is 0 Å². The van der Waals surface area contributed by atoms with E-state index in [1.54, 1.807) is 12.4 Å².